The van der Waals surface area contributed by atoms with Gasteiger partial charge in [0, 0.05) is 24.0 Å². The van der Waals surface area contributed by atoms with Crippen LogP contribution in [0.5, 0.6) is 0 Å². The lowest BCUT2D eigenvalue weighted by molar-refractivity contribution is -0.138. The van der Waals surface area contributed by atoms with Crippen molar-refractivity contribution in [2.24, 2.45) is 11.8 Å². The third kappa shape index (κ3) is 4.19. The van der Waals surface area contributed by atoms with Crippen molar-refractivity contribution in [2.75, 3.05) is 31.1 Å². The largest absolute Gasteiger partial charge is 0.342 e. The summed E-state index contributed by atoms with van der Waals surface area (Å²) in [6.45, 7) is 5.32. The van der Waals surface area contributed by atoms with Crippen molar-refractivity contribution in [1.82, 2.24) is 9.80 Å². The summed E-state index contributed by atoms with van der Waals surface area (Å²) < 4.78 is 0. The Morgan fingerprint density at radius 3 is 2.38 bits per heavy atom. The minimum Gasteiger partial charge on any atom is -0.342 e. The number of imide groups is 1. The van der Waals surface area contributed by atoms with Gasteiger partial charge in [0.05, 0.1) is 18.2 Å². The fourth-order valence-electron chi connectivity index (χ4n) is 4.73. The van der Waals surface area contributed by atoms with Crippen molar-refractivity contribution >= 4 is 35.0 Å². The lowest BCUT2D eigenvalue weighted by Gasteiger charge is -2.38. The highest BCUT2D eigenvalue weighted by atomic mass is 35.5. The van der Waals surface area contributed by atoms with Crippen LogP contribution in [0.1, 0.15) is 39.0 Å². The number of carbonyl (C=O) groups is 3. The van der Waals surface area contributed by atoms with Gasteiger partial charge in [-0.1, -0.05) is 24.6 Å². The quantitative estimate of drug-likeness (QED) is 0.709. The maximum absolute atomic E-state index is 13.0. The summed E-state index contributed by atoms with van der Waals surface area (Å²) in [6.07, 6.45) is 3.86. The Labute approximate surface area is 176 Å². The van der Waals surface area contributed by atoms with E-state index in [1.807, 2.05) is 4.90 Å². The van der Waals surface area contributed by atoms with Gasteiger partial charge in [-0.25, -0.2) is 4.90 Å². The minimum absolute atomic E-state index is 0.0379. The van der Waals surface area contributed by atoms with E-state index in [4.69, 9.17) is 11.6 Å². The van der Waals surface area contributed by atoms with Crippen LogP contribution in [0.15, 0.2) is 24.3 Å². The van der Waals surface area contributed by atoms with Crippen LogP contribution in [0.4, 0.5) is 5.69 Å². The Bertz CT molecular complexity index is 798. The van der Waals surface area contributed by atoms with Gasteiger partial charge in [-0.2, -0.15) is 0 Å². The summed E-state index contributed by atoms with van der Waals surface area (Å²) in [5.41, 5.74) is 0.527. The summed E-state index contributed by atoms with van der Waals surface area (Å²) in [5, 5.41) is 0.498. The molecule has 3 amide bonds. The number of benzene rings is 1. The zero-order valence-electron chi connectivity index (χ0n) is 16.8. The van der Waals surface area contributed by atoms with Crippen molar-refractivity contribution in [1.29, 1.82) is 0 Å². The molecule has 3 heterocycles. The number of rotatable bonds is 3. The molecule has 1 aromatic carbocycles. The van der Waals surface area contributed by atoms with Crippen LogP contribution in [-0.4, -0.2) is 59.7 Å². The van der Waals surface area contributed by atoms with Crippen molar-refractivity contribution < 1.29 is 14.4 Å². The summed E-state index contributed by atoms with van der Waals surface area (Å²) in [6, 6.07) is 6.40. The summed E-state index contributed by atoms with van der Waals surface area (Å²) in [5.74, 6) is 0.631. The molecular weight excluding hydrogens is 390 g/mol. The average molecular weight is 418 g/mol. The monoisotopic (exact) mass is 417 g/mol. The van der Waals surface area contributed by atoms with Gasteiger partial charge < -0.3 is 4.90 Å². The number of nitrogens with zero attached hydrogens (tertiary/aromatic N) is 3. The average Bonchev–Trinajstić information content (AvgIpc) is 3.02. The van der Waals surface area contributed by atoms with E-state index in [9.17, 15) is 14.4 Å². The van der Waals surface area contributed by atoms with Crippen LogP contribution < -0.4 is 4.90 Å². The molecule has 0 bridgehead atoms. The van der Waals surface area contributed by atoms with Crippen LogP contribution >= 0.6 is 11.6 Å². The smallest absolute Gasteiger partial charge is 0.251 e. The molecule has 0 N–H and O–H groups in total. The number of hydrogen-bond donors (Lipinski definition) is 0. The molecule has 0 saturated carbocycles. The summed E-state index contributed by atoms with van der Waals surface area (Å²) in [4.78, 5) is 43.7. The number of hydrogen-bond acceptors (Lipinski definition) is 4. The van der Waals surface area contributed by atoms with E-state index < -0.39 is 6.04 Å². The second-order valence-electron chi connectivity index (χ2n) is 8.59. The number of anilines is 1. The van der Waals surface area contributed by atoms with Crippen LogP contribution in [0.3, 0.4) is 0 Å². The molecule has 3 aliphatic rings. The van der Waals surface area contributed by atoms with E-state index in [0.29, 0.717) is 29.7 Å². The number of likely N-dealkylation sites (tertiary alicyclic amines) is 2. The molecule has 3 aliphatic heterocycles. The molecule has 0 radical (unpaired) electrons. The van der Waals surface area contributed by atoms with Crippen LogP contribution in [-0.2, 0) is 14.4 Å². The number of carbonyl (C=O) groups excluding carboxylic acids is 3. The molecule has 156 valence electrons. The maximum atomic E-state index is 13.0. The molecular formula is C22H28ClN3O3. The minimum atomic E-state index is -0.437. The highest BCUT2D eigenvalue weighted by Crippen LogP contribution is 2.30. The second-order valence-corrected chi connectivity index (χ2v) is 9.02. The number of piperidine rings is 2. The fourth-order valence-corrected chi connectivity index (χ4v) is 4.92. The zero-order valence-corrected chi connectivity index (χ0v) is 17.6. The van der Waals surface area contributed by atoms with Gasteiger partial charge >= 0.3 is 0 Å². The highest BCUT2D eigenvalue weighted by molar-refractivity contribution is 6.31. The predicted molar refractivity (Wildman–Crippen MR) is 112 cm³/mol. The van der Waals surface area contributed by atoms with Crippen LogP contribution in [0.25, 0.3) is 0 Å². The third-order valence-corrected chi connectivity index (χ3v) is 6.84. The van der Waals surface area contributed by atoms with Gasteiger partial charge in [-0.3, -0.25) is 19.3 Å². The van der Waals surface area contributed by atoms with Crippen molar-refractivity contribution in [3.63, 3.8) is 0 Å². The van der Waals surface area contributed by atoms with Gasteiger partial charge in [0.25, 0.3) is 5.91 Å². The van der Waals surface area contributed by atoms with Gasteiger partial charge in [0.2, 0.25) is 11.8 Å². The van der Waals surface area contributed by atoms with Crippen LogP contribution in [0, 0.1) is 11.8 Å². The summed E-state index contributed by atoms with van der Waals surface area (Å²) in [7, 11) is 0. The van der Waals surface area contributed by atoms with Gasteiger partial charge in [-0.05, 0) is 62.9 Å². The zero-order chi connectivity index (χ0) is 20.5. The van der Waals surface area contributed by atoms with Gasteiger partial charge in [0.15, 0.2) is 0 Å². The molecule has 7 heteroatoms. The molecule has 0 spiro atoms. The Kier molecular flexibility index (Phi) is 5.93. The predicted octanol–water partition coefficient (Wildman–Crippen LogP) is 2.94. The molecule has 3 fully saturated rings. The van der Waals surface area contributed by atoms with E-state index in [0.717, 1.165) is 38.8 Å². The lowest BCUT2D eigenvalue weighted by atomic mass is 9.92. The van der Waals surface area contributed by atoms with E-state index in [2.05, 4.69) is 11.8 Å². The van der Waals surface area contributed by atoms with Crippen LogP contribution in [0.2, 0.25) is 5.02 Å². The Morgan fingerprint density at radius 1 is 1.03 bits per heavy atom. The van der Waals surface area contributed by atoms with Gasteiger partial charge in [0.1, 0.15) is 0 Å². The number of halogens is 1. The van der Waals surface area contributed by atoms with E-state index >= 15 is 0 Å². The van der Waals surface area contributed by atoms with Crippen molar-refractivity contribution in [3.05, 3.63) is 29.3 Å². The maximum Gasteiger partial charge on any atom is 0.251 e. The fraction of sp³-hybridized carbons (Fsp3) is 0.591. The molecule has 0 unspecified atom stereocenters. The number of amides is 3. The Morgan fingerprint density at radius 2 is 1.72 bits per heavy atom. The van der Waals surface area contributed by atoms with Crippen molar-refractivity contribution in [3.8, 4) is 0 Å². The third-order valence-electron chi connectivity index (χ3n) is 6.60. The molecule has 0 aromatic heterocycles. The first-order chi connectivity index (χ1) is 13.9. The van der Waals surface area contributed by atoms with Crippen molar-refractivity contribution in [2.45, 2.75) is 45.1 Å². The molecule has 29 heavy (non-hydrogen) atoms. The Hall–Kier alpha value is -1.92. The SMILES string of the molecule is CC1CCN(C(=O)C2CCN([C@H]3CC(=O)N(c4cccc(Cl)c4)C3=O)CC2)CC1. The van der Waals surface area contributed by atoms with Gasteiger partial charge in [-0.15, -0.1) is 0 Å². The van der Waals surface area contributed by atoms with E-state index in [1.165, 1.54) is 4.90 Å². The molecule has 6 nitrogen and oxygen atoms in total. The molecule has 4 rings (SSSR count). The highest BCUT2D eigenvalue weighted by Gasteiger charge is 2.44. The molecule has 1 aromatic rings. The summed E-state index contributed by atoms with van der Waals surface area (Å²) >= 11 is 6.03. The lowest BCUT2D eigenvalue weighted by Crippen LogP contribution is -2.49. The molecule has 0 aliphatic carbocycles. The van der Waals surface area contributed by atoms with E-state index in [1.54, 1.807) is 24.3 Å². The molecule has 1 atom stereocenters. The first-order valence-corrected chi connectivity index (χ1v) is 11.0. The Balaban J connectivity index is 1.36. The standard InChI is InChI=1S/C22H28ClN3O3/c1-15-5-9-25(10-6-15)21(28)16-7-11-24(12-8-16)19-14-20(27)26(22(19)29)18-4-2-3-17(23)13-18/h2-4,13,15-16,19H,5-12,14H2,1H3/t19-/m0/s1. The first-order valence-electron chi connectivity index (χ1n) is 10.6. The first kappa shape index (κ1) is 20.4. The topological polar surface area (TPSA) is 60.9 Å². The second kappa shape index (κ2) is 8.44. The van der Waals surface area contributed by atoms with E-state index in [-0.39, 0.29) is 30.1 Å². The normalized spacial score (nSPS) is 25.1. The molecule has 3 saturated heterocycles.